The van der Waals surface area contributed by atoms with Crippen LogP contribution in [0.3, 0.4) is 0 Å². The van der Waals surface area contributed by atoms with Gasteiger partial charge in [0.05, 0.1) is 11.7 Å². The number of halogens is 1. The molecule has 16 heavy (non-hydrogen) atoms. The maximum Gasteiger partial charge on any atom is 0.256 e. The molecule has 0 radical (unpaired) electrons. The second kappa shape index (κ2) is 4.22. The third kappa shape index (κ3) is 2.07. The van der Waals surface area contributed by atoms with Crippen molar-refractivity contribution < 1.29 is 14.3 Å². The molecule has 2 rings (SSSR count). The first-order valence-corrected chi connectivity index (χ1v) is 5.31. The number of β-amino-alcohol motifs (C(OH)–C–C–N with tert-alkyl or cyclic N) is 1. The van der Waals surface area contributed by atoms with Crippen molar-refractivity contribution in [1.29, 1.82) is 0 Å². The fourth-order valence-electron chi connectivity index (χ4n) is 1.89. The minimum absolute atomic E-state index is 0.0831. The second-order valence-corrected chi connectivity index (χ2v) is 4.18. The molecule has 1 amide bonds. The van der Waals surface area contributed by atoms with Crippen LogP contribution in [0.25, 0.3) is 0 Å². The minimum Gasteiger partial charge on any atom is -0.391 e. The summed E-state index contributed by atoms with van der Waals surface area (Å²) in [6, 6.07) is 4.56. The number of nitrogens with zero attached hydrogens (tertiary/aromatic N) is 1. The van der Waals surface area contributed by atoms with E-state index in [1.165, 1.54) is 17.0 Å². The largest absolute Gasteiger partial charge is 0.391 e. The lowest BCUT2D eigenvalue weighted by molar-refractivity contribution is 0.0760. The molecule has 1 aliphatic heterocycles. The zero-order valence-electron chi connectivity index (χ0n) is 9.11. The van der Waals surface area contributed by atoms with Gasteiger partial charge in [0.25, 0.3) is 5.91 Å². The van der Waals surface area contributed by atoms with Crippen molar-refractivity contribution in [2.24, 2.45) is 0 Å². The Kier molecular flexibility index (Phi) is 2.92. The zero-order chi connectivity index (χ0) is 11.7. The van der Waals surface area contributed by atoms with Crippen molar-refractivity contribution in [2.45, 2.75) is 19.4 Å². The van der Waals surface area contributed by atoms with Gasteiger partial charge in [0.2, 0.25) is 0 Å². The van der Waals surface area contributed by atoms with Crippen molar-refractivity contribution >= 4 is 5.91 Å². The Morgan fingerprint density at radius 2 is 2.31 bits per heavy atom. The highest BCUT2D eigenvalue weighted by Crippen LogP contribution is 2.16. The Bertz CT molecular complexity index is 419. The number of hydrogen-bond donors (Lipinski definition) is 1. The van der Waals surface area contributed by atoms with E-state index in [0.717, 1.165) is 5.56 Å². The van der Waals surface area contributed by atoms with Crippen LogP contribution in [0.2, 0.25) is 0 Å². The van der Waals surface area contributed by atoms with Crippen molar-refractivity contribution in [3.05, 3.63) is 35.1 Å². The normalized spacial score (nSPS) is 20.2. The Morgan fingerprint density at radius 3 is 2.88 bits per heavy atom. The van der Waals surface area contributed by atoms with Gasteiger partial charge in [-0.1, -0.05) is 6.07 Å². The van der Waals surface area contributed by atoms with E-state index in [9.17, 15) is 14.3 Å². The molecule has 1 saturated heterocycles. The van der Waals surface area contributed by atoms with Crippen LogP contribution >= 0.6 is 0 Å². The Balaban J connectivity index is 2.21. The van der Waals surface area contributed by atoms with Gasteiger partial charge in [0, 0.05) is 13.1 Å². The standard InChI is InChI=1S/C12H14FNO2/c1-8-2-3-10(11(13)6-8)12(16)14-5-4-9(15)7-14/h2-3,6,9,15H,4-5,7H2,1H3. The fourth-order valence-corrected chi connectivity index (χ4v) is 1.89. The molecule has 0 aliphatic carbocycles. The highest BCUT2D eigenvalue weighted by atomic mass is 19.1. The number of likely N-dealkylation sites (tertiary alicyclic amines) is 1. The number of carbonyl (C=O) groups is 1. The van der Waals surface area contributed by atoms with E-state index in [2.05, 4.69) is 0 Å². The number of carbonyl (C=O) groups excluding carboxylic acids is 1. The number of benzene rings is 1. The van der Waals surface area contributed by atoms with Crippen LogP contribution in [0.5, 0.6) is 0 Å². The lowest BCUT2D eigenvalue weighted by Gasteiger charge is -2.15. The summed E-state index contributed by atoms with van der Waals surface area (Å²) in [6.07, 6.45) is 0.0941. The lowest BCUT2D eigenvalue weighted by Crippen LogP contribution is -2.30. The van der Waals surface area contributed by atoms with E-state index in [-0.39, 0.29) is 11.5 Å². The number of amides is 1. The predicted molar refractivity (Wildman–Crippen MR) is 57.7 cm³/mol. The van der Waals surface area contributed by atoms with Crippen molar-refractivity contribution in [3.63, 3.8) is 0 Å². The van der Waals surface area contributed by atoms with Gasteiger partial charge in [0.15, 0.2) is 0 Å². The average Bonchev–Trinajstić information content (AvgIpc) is 2.64. The van der Waals surface area contributed by atoms with Gasteiger partial charge in [-0.15, -0.1) is 0 Å². The molecule has 1 aliphatic rings. The van der Waals surface area contributed by atoms with Crippen molar-refractivity contribution in [1.82, 2.24) is 4.90 Å². The lowest BCUT2D eigenvalue weighted by atomic mass is 10.1. The minimum atomic E-state index is -0.494. The van der Waals surface area contributed by atoms with Crippen LogP contribution < -0.4 is 0 Å². The van der Waals surface area contributed by atoms with Crippen molar-refractivity contribution in [3.8, 4) is 0 Å². The van der Waals surface area contributed by atoms with Gasteiger partial charge >= 0.3 is 0 Å². The molecule has 1 heterocycles. The van der Waals surface area contributed by atoms with Gasteiger partial charge in [-0.05, 0) is 31.0 Å². The molecule has 0 aromatic heterocycles. The summed E-state index contributed by atoms with van der Waals surface area (Å²) in [4.78, 5) is 13.4. The Labute approximate surface area is 93.5 Å². The molecule has 1 atom stereocenters. The predicted octanol–water partition coefficient (Wildman–Crippen LogP) is 1.34. The Hall–Kier alpha value is -1.42. The number of aliphatic hydroxyl groups excluding tert-OH is 1. The molecule has 0 saturated carbocycles. The van der Waals surface area contributed by atoms with E-state index in [1.807, 2.05) is 0 Å². The number of aliphatic hydroxyl groups is 1. The van der Waals surface area contributed by atoms with Crippen LogP contribution in [0.15, 0.2) is 18.2 Å². The first-order chi connectivity index (χ1) is 7.58. The SMILES string of the molecule is Cc1ccc(C(=O)N2CCC(O)C2)c(F)c1. The molecule has 0 spiro atoms. The molecular formula is C12H14FNO2. The highest BCUT2D eigenvalue weighted by Gasteiger charge is 2.26. The molecule has 1 aromatic rings. The molecule has 1 N–H and O–H groups in total. The van der Waals surface area contributed by atoms with Gasteiger partial charge in [-0.2, -0.15) is 0 Å². The molecule has 86 valence electrons. The van der Waals surface area contributed by atoms with Crippen LogP contribution in [0, 0.1) is 12.7 Å². The monoisotopic (exact) mass is 223 g/mol. The second-order valence-electron chi connectivity index (χ2n) is 4.18. The Morgan fingerprint density at radius 1 is 1.56 bits per heavy atom. The molecule has 1 unspecified atom stereocenters. The van der Waals surface area contributed by atoms with E-state index >= 15 is 0 Å². The first kappa shape index (κ1) is 11.1. The zero-order valence-corrected chi connectivity index (χ0v) is 9.11. The summed E-state index contributed by atoms with van der Waals surface area (Å²) in [5.74, 6) is -0.833. The van der Waals surface area contributed by atoms with E-state index < -0.39 is 11.9 Å². The third-order valence-corrected chi connectivity index (χ3v) is 2.81. The molecule has 1 fully saturated rings. The van der Waals surface area contributed by atoms with Crippen LogP contribution in [0.4, 0.5) is 4.39 Å². The van der Waals surface area contributed by atoms with E-state index in [0.29, 0.717) is 19.5 Å². The van der Waals surface area contributed by atoms with Crippen molar-refractivity contribution in [2.75, 3.05) is 13.1 Å². The van der Waals surface area contributed by atoms with Crippen LogP contribution in [-0.4, -0.2) is 35.1 Å². The number of hydrogen-bond acceptors (Lipinski definition) is 2. The summed E-state index contributed by atoms with van der Waals surface area (Å²) >= 11 is 0. The molecule has 4 heteroatoms. The summed E-state index contributed by atoms with van der Waals surface area (Å²) in [5, 5.41) is 9.32. The molecule has 1 aromatic carbocycles. The quantitative estimate of drug-likeness (QED) is 0.780. The van der Waals surface area contributed by atoms with Gasteiger partial charge in [-0.3, -0.25) is 4.79 Å². The fraction of sp³-hybridized carbons (Fsp3) is 0.417. The van der Waals surface area contributed by atoms with Crippen LogP contribution in [0.1, 0.15) is 22.3 Å². The summed E-state index contributed by atoms with van der Waals surface area (Å²) in [5.41, 5.74) is 0.871. The number of aryl methyl sites for hydroxylation is 1. The average molecular weight is 223 g/mol. The summed E-state index contributed by atoms with van der Waals surface area (Å²) in [6.45, 7) is 2.57. The van der Waals surface area contributed by atoms with E-state index in [4.69, 9.17) is 0 Å². The van der Waals surface area contributed by atoms with Gasteiger partial charge in [0.1, 0.15) is 5.82 Å². The molecule has 0 bridgehead atoms. The molecule has 3 nitrogen and oxygen atoms in total. The smallest absolute Gasteiger partial charge is 0.256 e. The summed E-state index contributed by atoms with van der Waals surface area (Å²) in [7, 11) is 0. The summed E-state index contributed by atoms with van der Waals surface area (Å²) < 4.78 is 13.5. The number of rotatable bonds is 1. The topological polar surface area (TPSA) is 40.5 Å². The third-order valence-electron chi connectivity index (χ3n) is 2.81. The van der Waals surface area contributed by atoms with Gasteiger partial charge in [-0.25, -0.2) is 4.39 Å². The molecular weight excluding hydrogens is 209 g/mol. The van der Waals surface area contributed by atoms with E-state index in [1.54, 1.807) is 13.0 Å². The van der Waals surface area contributed by atoms with Gasteiger partial charge < -0.3 is 10.0 Å². The van der Waals surface area contributed by atoms with Crippen LogP contribution in [-0.2, 0) is 0 Å². The first-order valence-electron chi connectivity index (χ1n) is 5.31. The maximum atomic E-state index is 13.5. The maximum absolute atomic E-state index is 13.5. The highest BCUT2D eigenvalue weighted by molar-refractivity contribution is 5.94.